The molecule has 1 N–H and O–H groups in total. The van der Waals surface area contributed by atoms with Gasteiger partial charge in [0.1, 0.15) is 16.9 Å². The number of hydrogen-bond donors (Lipinski definition) is 1. The van der Waals surface area contributed by atoms with Gasteiger partial charge in [-0.1, -0.05) is 11.3 Å². The number of aromatic nitrogens is 5. The average molecular weight is 423 g/mol. The number of aryl methyl sites for hydroxylation is 1. The summed E-state index contributed by atoms with van der Waals surface area (Å²) in [6.07, 6.45) is 2.32. The van der Waals surface area contributed by atoms with Gasteiger partial charge in [0.15, 0.2) is 0 Å². The zero-order valence-electron chi connectivity index (χ0n) is 15.2. The van der Waals surface area contributed by atoms with E-state index >= 15 is 0 Å². The van der Waals surface area contributed by atoms with Gasteiger partial charge in [-0.2, -0.15) is 15.0 Å². The van der Waals surface area contributed by atoms with Crippen molar-refractivity contribution in [1.82, 2.24) is 30.1 Å². The Morgan fingerprint density at radius 3 is 2.76 bits per heavy atom. The number of carbonyl (C=O) groups is 1. The Hall–Kier alpha value is -3.02. The van der Waals surface area contributed by atoms with E-state index in [1.54, 1.807) is 6.92 Å². The van der Waals surface area contributed by atoms with Gasteiger partial charge in [-0.15, -0.1) is 10.2 Å². The number of carbonyl (C=O) groups excluding carboxylic acids is 1. The van der Waals surface area contributed by atoms with Crippen LogP contribution in [0.2, 0.25) is 0 Å². The Bertz CT molecular complexity index is 1020. The molecule has 1 aliphatic heterocycles. The summed E-state index contributed by atoms with van der Waals surface area (Å²) >= 11 is 1.23. The fraction of sp³-hybridized carbons (Fsp3) is 0.353. The molecular weight excluding hydrogens is 407 g/mol. The number of amides is 1. The summed E-state index contributed by atoms with van der Waals surface area (Å²) in [5.74, 6) is -4.47. The molecular formula is C17H16F3N7OS. The first-order valence-electron chi connectivity index (χ1n) is 8.74. The second kappa shape index (κ2) is 7.43. The Kier molecular flexibility index (Phi) is 4.94. The molecule has 0 unspecified atom stereocenters. The number of halogens is 3. The molecule has 0 saturated carbocycles. The van der Waals surface area contributed by atoms with E-state index in [-0.39, 0.29) is 24.3 Å². The molecule has 3 aromatic rings. The van der Waals surface area contributed by atoms with E-state index in [0.717, 1.165) is 21.8 Å². The number of anilines is 1. The van der Waals surface area contributed by atoms with E-state index in [4.69, 9.17) is 0 Å². The third-order valence-electron chi connectivity index (χ3n) is 4.61. The van der Waals surface area contributed by atoms with Crippen LogP contribution in [0.1, 0.15) is 21.8 Å². The number of benzene rings is 1. The van der Waals surface area contributed by atoms with Gasteiger partial charge in [0, 0.05) is 19.5 Å². The van der Waals surface area contributed by atoms with Crippen LogP contribution in [0.5, 0.6) is 0 Å². The van der Waals surface area contributed by atoms with Gasteiger partial charge in [-0.3, -0.25) is 4.79 Å². The molecule has 12 heteroatoms. The Labute approximate surface area is 167 Å². The number of alkyl halides is 2. The lowest BCUT2D eigenvalue weighted by atomic mass is 10.1. The minimum atomic E-state index is -3.10. The van der Waals surface area contributed by atoms with Crippen LogP contribution in [0.25, 0.3) is 5.69 Å². The highest BCUT2D eigenvalue weighted by Gasteiger charge is 2.51. The van der Waals surface area contributed by atoms with E-state index in [2.05, 4.69) is 25.7 Å². The monoisotopic (exact) mass is 423 g/mol. The number of nitrogens with one attached hydrogen (secondary N) is 1. The summed E-state index contributed by atoms with van der Waals surface area (Å²) in [6.45, 7) is 1.38. The van der Waals surface area contributed by atoms with Gasteiger partial charge >= 0.3 is 0 Å². The minimum Gasteiger partial charge on any atom is -0.358 e. The molecule has 0 radical (unpaired) electrons. The molecule has 0 spiro atoms. The molecule has 1 fully saturated rings. The summed E-state index contributed by atoms with van der Waals surface area (Å²) in [7, 11) is 0. The Morgan fingerprint density at radius 1 is 1.31 bits per heavy atom. The summed E-state index contributed by atoms with van der Waals surface area (Å²) in [4.78, 5) is 15.3. The smallest absolute Gasteiger partial charge is 0.271 e. The van der Waals surface area contributed by atoms with E-state index < -0.39 is 30.1 Å². The van der Waals surface area contributed by atoms with Gasteiger partial charge in [0.25, 0.3) is 11.8 Å². The molecule has 4 rings (SSSR count). The number of nitrogens with zero attached hydrogens (tertiary/aromatic N) is 6. The molecule has 1 atom stereocenters. The first-order valence-corrected chi connectivity index (χ1v) is 9.56. The minimum absolute atomic E-state index is 0.0874. The van der Waals surface area contributed by atoms with Crippen LogP contribution >= 0.6 is 11.3 Å². The molecule has 0 aliphatic carbocycles. The first kappa shape index (κ1) is 19.3. The summed E-state index contributed by atoms with van der Waals surface area (Å²) in [6, 6.07) is 2.09. The van der Waals surface area contributed by atoms with Crippen molar-refractivity contribution in [2.45, 2.75) is 25.3 Å². The van der Waals surface area contributed by atoms with Crippen LogP contribution in [-0.4, -0.2) is 61.1 Å². The molecule has 0 bridgehead atoms. The second-order valence-electron chi connectivity index (χ2n) is 6.51. The lowest BCUT2D eigenvalue weighted by Gasteiger charge is -2.28. The number of likely N-dealkylation sites (tertiary alicyclic amines) is 1. The van der Waals surface area contributed by atoms with Crippen molar-refractivity contribution in [2.75, 3.05) is 18.4 Å². The quantitative estimate of drug-likeness (QED) is 0.679. The van der Waals surface area contributed by atoms with E-state index in [1.165, 1.54) is 29.8 Å². The highest BCUT2D eigenvalue weighted by Crippen LogP contribution is 2.36. The molecule has 1 saturated heterocycles. The highest BCUT2D eigenvalue weighted by atomic mass is 32.1. The maximum atomic E-state index is 14.5. The highest BCUT2D eigenvalue weighted by molar-refractivity contribution is 7.15. The number of hydrogen-bond acceptors (Lipinski definition) is 7. The molecule has 1 aromatic carbocycles. The van der Waals surface area contributed by atoms with Gasteiger partial charge in [0.2, 0.25) is 5.13 Å². The average Bonchev–Trinajstić information content (AvgIpc) is 3.40. The molecule has 1 amide bonds. The molecule has 152 valence electrons. The van der Waals surface area contributed by atoms with Crippen LogP contribution in [0, 0.1) is 12.7 Å². The third kappa shape index (κ3) is 3.79. The van der Waals surface area contributed by atoms with Crippen molar-refractivity contribution >= 4 is 22.4 Å². The van der Waals surface area contributed by atoms with Crippen molar-refractivity contribution < 1.29 is 18.0 Å². The normalized spacial score (nSPS) is 18.2. The second-order valence-corrected chi connectivity index (χ2v) is 7.69. The fourth-order valence-corrected chi connectivity index (χ4v) is 3.82. The van der Waals surface area contributed by atoms with Crippen molar-refractivity contribution in [2.24, 2.45) is 0 Å². The maximum absolute atomic E-state index is 14.5. The zero-order valence-corrected chi connectivity index (χ0v) is 16.0. The topological polar surface area (TPSA) is 88.8 Å². The van der Waals surface area contributed by atoms with Gasteiger partial charge in [-0.05, 0) is 25.1 Å². The van der Waals surface area contributed by atoms with Crippen LogP contribution in [0.4, 0.5) is 18.3 Å². The predicted octanol–water partition coefficient (Wildman–Crippen LogP) is 2.53. The largest absolute Gasteiger partial charge is 0.358 e. The van der Waals surface area contributed by atoms with Crippen LogP contribution in [-0.2, 0) is 0 Å². The standard InChI is InChI=1S/C17H16F3N7OS/c1-10-24-25-16(29-10)21-9-14-17(19,20)4-7-26(14)15(28)12-8-11(18)2-3-13(12)27-22-5-6-23-27/h2-3,5-6,8,14H,4,7,9H2,1H3,(H,21,25)/t14-/m1/s1. The fourth-order valence-electron chi connectivity index (χ4n) is 3.22. The zero-order chi connectivity index (χ0) is 20.6. The third-order valence-corrected chi connectivity index (χ3v) is 5.40. The van der Waals surface area contributed by atoms with Gasteiger partial charge < -0.3 is 10.2 Å². The van der Waals surface area contributed by atoms with Crippen LogP contribution in [0.3, 0.4) is 0 Å². The van der Waals surface area contributed by atoms with Gasteiger partial charge in [0.05, 0.1) is 23.6 Å². The lowest BCUT2D eigenvalue weighted by Crippen LogP contribution is -2.47. The van der Waals surface area contributed by atoms with E-state index in [0.29, 0.717) is 10.1 Å². The van der Waals surface area contributed by atoms with Crippen molar-refractivity contribution in [3.8, 4) is 5.69 Å². The lowest BCUT2D eigenvalue weighted by molar-refractivity contribution is -0.0248. The van der Waals surface area contributed by atoms with Crippen LogP contribution in [0.15, 0.2) is 30.6 Å². The molecule has 8 nitrogen and oxygen atoms in total. The van der Waals surface area contributed by atoms with Crippen molar-refractivity contribution in [3.05, 3.63) is 47.0 Å². The maximum Gasteiger partial charge on any atom is 0.271 e. The van der Waals surface area contributed by atoms with Crippen molar-refractivity contribution in [1.29, 1.82) is 0 Å². The van der Waals surface area contributed by atoms with E-state index in [1.807, 2.05) is 0 Å². The van der Waals surface area contributed by atoms with Crippen LogP contribution < -0.4 is 5.32 Å². The molecule has 2 aromatic heterocycles. The summed E-state index contributed by atoms with van der Waals surface area (Å²) in [5.41, 5.74) is 0.124. The Balaban J connectivity index is 1.62. The number of rotatable bonds is 5. The molecule has 29 heavy (non-hydrogen) atoms. The first-order chi connectivity index (χ1) is 13.8. The summed E-state index contributed by atoms with van der Waals surface area (Å²) in [5, 5.41) is 19.5. The summed E-state index contributed by atoms with van der Waals surface area (Å²) < 4.78 is 42.9. The van der Waals surface area contributed by atoms with Gasteiger partial charge in [-0.25, -0.2) is 13.2 Å². The molecule has 1 aliphatic rings. The molecule has 3 heterocycles. The SMILES string of the molecule is Cc1nnc(NC[C@H]2N(C(=O)c3cc(F)ccc3-n3nccn3)CCC2(F)F)s1. The predicted molar refractivity (Wildman–Crippen MR) is 98.8 cm³/mol. The van der Waals surface area contributed by atoms with E-state index in [9.17, 15) is 18.0 Å². The Morgan fingerprint density at radius 2 is 2.07 bits per heavy atom. The van der Waals surface area contributed by atoms with Crippen molar-refractivity contribution in [3.63, 3.8) is 0 Å².